The number of hydrogen-bond acceptors (Lipinski definition) is 6. The number of aliphatic hydroxyl groups excluding tert-OH is 1. The monoisotopic (exact) mass is 429 g/mol. The van der Waals surface area contributed by atoms with Crippen molar-refractivity contribution in [3.05, 3.63) is 59.0 Å². The van der Waals surface area contributed by atoms with E-state index in [2.05, 4.69) is 49.8 Å². The van der Waals surface area contributed by atoms with E-state index in [0.29, 0.717) is 10.6 Å². The molecule has 2 aromatic heterocycles. The lowest BCUT2D eigenvalue weighted by molar-refractivity contribution is 0.00309. The average molecular weight is 430 g/mol. The van der Waals surface area contributed by atoms with Crippen LogP contribution in [0, 0.1) is 4.64 Å². The SMILES string of the molecule is CNc1cccc2cc(C3NCC(CN4CC(O)C4)S3)[nH]c12.S=c1cccc[nH]1. The number of hydrogen-bond donors (Lipinski definition) is 5. The van der Waals surface area contributed by atoms with Crippen LogP contribution in [0.15, 0.2) is 48.7 Å². The molecule has 1 aromatic carbocycles. The fourth-order valence-electron chi connectivity index (χ4n) is 3.70. The summed E-state index contributed by atoms with van der Waals surface area (Å²) in [4.78, 5) is 8.74. The van der Waals surface area contributed by atoms with Gasteiger partial charge in [-0.15, -0.1) is 11.8 Å². The highest BCUT2D eigenvalue weighted by molar-refractivity contribution is 8.00. The van der Waals surface area contributed by atoms with E-state index in [1.165, 1.54) is 16.6 Å². The summed E-state index contributed by atoms with van der Waals surface area (Å²) in [6.07, 6.45) is 1.70. The second kappa shape index (κ2) is 9.32. The molecule has 2 saturated heterocycles. The van der Waals surface area contributed by atoms with Crippen LogP contribution in [0.5, 0.6) is 0 Å². The molecule has 2 atom stereocenters. The Hall–Kier alpha value is -1.84. The fraction of sp³-hybridized carbons (Fsp3) is 0.381. The van der Waals surface area contributed by atoms with Gasteiger partial charge in [0.2, 0.25) is 0 Å². The average Bonchev–Trinajstić information content (AvgIpc) is 3.34. The number of aromatic nitrogens is 2. The van der Waals surface area contributed by atoms with Gasteiger partial charge in [0.15, 0.2) is 0 Å². The molecular formula is C21H27N5OS2. The predicted octanol–water partition coefficient (Wildman–Crippen LogP) is 3.33. The van der Waals surface area contributed by atoms with Gasteiger partial charge in [0.1, 0.15) is 4.64 Å². The number of aliphatic hydroxyl groups is 1. The first-order chi connectivity index (χ1) is 14.1. The number of nitrogens with zero attached hydrogens (tertiary/aromatic N) is 1. The Labute approximate surface area is 180 Å². The van der Waals surface area contributed by atoms with Crippen molar-refractivity contribution in [2.75, 3.05) is 38.5 Å². The van der Waals surface area contributed by atoms with Gasteiger partial charge in [-0.2, -0.15) is 0 Å². The topological polar surface area (TPSA) is 79.1 Å². The zero-order valence-corrected chi connectivity index (χ0v) is 18.0. The lowest BCUT2D eigenvalue weighted by atomic mass is 10.1. The number of para-hydroxylation sites is 1. The maximum Gasteiger partial charge on any atom is 0.103 e. The summed E-state index contributed by atoms with van der Waals surface area (Å²) in [5.74, 6) is 0. The Kier molecular flexibility index (Phi) is 6.56. The van der Waals surface area contributed by atoms with E-state index in [-0.39, 0.29) is 6.10 Å². The molecule has 2 unspecified atom stereocenters. The molecule has 0 aliphatic carbocycles. The number of H-pyrrole nitrogens is 2. The van der Waals surface area contributed by atoms with E-state index < -0.39 is 0 Å². The lowest BCUT2D eigenvalue weighted by Gasteiger charge is -2.37. The smallest absolute Gasteiger partial charge is 0.103 e. The maximum atomic E-state index is 9.38. The first kappa shape index (κ1) is 20.4. The van der Waals surface area contributed by atoms with Crippen molar-refractivity contribution < 1.29 is 5.11 Å². The van der Waals surface area contributed by atoms with E-state index in [1.54, 1.807) is 0 Å². The van der Waals surface area contributed by atoms with E-state index in [4.69, 9.17) is 12.2 Å². The molecule has 0 amide bonds. The summed E-state index contributed by atoms with van der Waals surface area (Å²) < 4.78 is 0.780. The van der Waals surface area contributed by atoms with Crippen LogP contribution in [-0.2, 0) is 0 Å². The molecule has 29 heavy (non-hydrogen) atoms. The lowest BCUT2D eigenvalue weighted by Crippen LogP contribution is -2.52. The molecule has 3 aromatic rings. The van der Waals surface area contributed by atoms with Gasteiger partial charge in [-0.1, -0.05) is 30.4 Å². The highest BCUT2D eigenvalue weighted by Gasteiger charge is 2.32. The summed E-state index contributed by atoms with van der Waals surface area (Å²) in [5.41, 5.74) is 3.56. The molecule has 0 saturated carbocycles. The van der Waals surface area contributed by atoms with E-state index >= 15 is 0 Å². The number of rotatable bonds is 4. The molecule has 154 valence electrons. The third-order valence-corrected chi connectivity index (χ3v) is 6.82. The minimum absolute atomic E-state index is 0.108. The Bertz CT molecular complexity index is 980. The summed E-state index contributed by atoms with van der Waals surface area (Å²) in [6.45, 7) is 3.75. The highest BCUT2D eigenvalue weighted by atomic mass is 32.2. The number of anilines is 1. The molecular weight excluding hydrogens is 402 g/mol. The highest BCUT2D eigenvalue weighted by Crippen LogP contribution is 2.37. The van der Waals surface area contributed by atoms with Crippen molar-refractivity contribution in [2.24, 2.45) is 0 Å². The first-order valence-electron chi connectivity index (χ1n) is 9.85. The Morgan fingerprint density at radius 2 is 2.10 bits per heavy atom. The van der Waals surface area contributed by atoms with Crippen molar-refractivity contribution in [3.8, 4) is 0 Å². The minimum Gasteiger partial charge on any atom is -0.390 e. The van der Waals surface area contributed by atoms with Gasteiger partial charge in [0.05, 0.1) is 22.7 Å². The van der Waals surface area contributed by atoms with Gasteiger partial charge < -0.3 is 20.4 Å². The van der Waals surface area contributed by atoms with Crippen molar-refractivity contribution in [3.63, 3.8) is 0 Å². The van der Waals surface area contributed by atoms with E-state index in [1.807, 2.05) is 43.2 Å². The summed E-state index contributed by atoms with van der Waals surface area (Å²) in [5, 5.41) is 18.4. The van der Waals surface area contributed by atoms with Crippen LogP contribution < -0.4 is 10.6 Å². The second-order valence-electron chi connectivity index (χ2n) is 7.39. The summed E-state index contributed by atoms with van der Waals surface area (Å²) >= 11 is 6.74. The first-order valence-corrected chi connectivity index (χ1v) is 11.2. The molecule has 8 heteroatoms. The molecule has 0 spiro atoms. The van der Waals surface area contributed by atoms with Gasteiger partial charge in [-0.3, -0.25) is 10.2 Å². The molecule has 0 radical (unpaired) electrons. The van der Waals surface area contributed by atoms with Crippen LogP contribution in [0.4, 0.5) is 5.69 Å². The van der Waals surface area contributed by atoms with E-state index in [9.17, 15) is 5.11 Å². The van der Waals surface area contributed by atoms with Crippen LogP contribution in [-0.4, -0.2) is 64.6 Å². The zero-order valence-electron chi connectivity index (χ0n) is 16.4. The maximum absolute atomic E-state index is 9.38. The molecule has 5 N–H and O–H groups in total. The molecule has 4 heterocycles. The van der Waals surface area contributed by atoms with Crippen LogP contribution in [0.25, 0.3) is 10.9 Å². The third kappa shape index (κ3) is 5.02. The molecule has 0 bridgehead atoms. The minimum atomic E-state index is -0.108. The van der Waals surface area contributed by atoms with Gasteiger partial charge in [-0.25, -0.2) is 0 Å². The number of nitrogens with one attached hydrogen (secondary N) is 4. The normalized spacial score (nSPS) is 22.1. The van der Waals surface area contributed by atoms with Crippen molar-refractivity contribution in [2.45, 2.75) is 16.7 Å². The predicted molar refractivity (Wildman–Crippen MR) is 124 cm³/mol. The Balaban J connectivity index is 0.000000249. The Morgan fingerprint density at radius 3 is 2.76 bits per heavy atom. The number of pyridine rings is 1. The van der Waals surface area contributed by atoms with Crippen molar-refractivity contribution in [1.29, 1.82) is 0 Å². The van der Waals surface area contributed by atoms with Crippen molar-refractivity contribution in [1.82, 2.24) is 20.2 Å². The molecule has 6 nitrogen and oxygen atoms in total. The van der Waals surface area contributed by atoms with Gasteiger partial charge in [0.25, 0.3) is 0 Å². The molecule has 2 aliphatic rings. The van der Waals surface area contributed by atoms with Crippen molar-refractivity contribution >= 4 is 40.6 Å². The summed E-state index contributed by atoms with van der Waals surface area (Å²) in [6, 6.07) is 14.2. The number of thioether (sulfide) groups is 1. The van der Waals surface area contributed by atoms with E-state index in [0.717, 1.165) is 36.5 Å². The summed E-state index contributed by atoms with van der Waals surface area (Å²) in [7, 11) is 1.95. The molecule has 5 rings (SSSR count). The number of fused-ring (bicyclic) bond motifs is 1. The number of β-amino-alcohol motifs (C(OH)–C–C–N with tert-alkyl or cyclic N) is 1. The fourth-order valence-corrected chi connectivity index (χ4v) is 5.19. The van der Waals surface area contributed by atoms with Crippen LogP contribution >= 0.6 is 24.0 Å². The zero-order chi connectivity index (χ0) is 20.2. The number of aromatic amines is 2. The van der Waals surface area contributed by atoms with Gasteiger partial charge in [0, 0.05) is 55.8 Å². The third-order valence-electron chi connectivity index (χ3n) is 5.17. The number of benzene rings is 1. The van der Waals surface area contributed by atoms with Crippen LogP contribution in [0.2, 0.25) is 0 Å². The van der Waals surface area contributed by atoms with Gasteiger partial charge in [-0.05, 0) is 24.3 Å². The Morgan fingerprint density at radius 1 is 1.24 bits per heavy atom. The molecule has 2 aliphatic heterocycles. The second-order valence-corrected chi connectivity index (χ2v) is 9.24. The van der Waals surface area contributed by atoms with Crippen LogP contribution in [0.3, 0.4) is 0 Å². The van der Waals surface area contributed by atoms with Crippen LogP contribution in [0.1, 0.15) is 11.1 Å². The molecule has 2 fully saturated rings. The largest absolute Gasteiger partial charge is 0.390 e. The van der Waals surface area contributed by atoms with Gasteiger partial charge >= 0.3 is 0 Å². The quantitative estimate of drug-likeness (QED) is 0.410. The standard InChI is InChI=1S/C16H22N4OS.C5H5NS/c1-17-13-4-2-3-10-5-14(19-15(10)13)16-18-6-12(22-16)9-20-7-11(21)8-20;7-5-3-1-2-4-6-5/h2-5,11-12,16-19,21H,6-9H2,1H3;1-4H,(H,6,7). The number of likely N-dealkylation sites (tertiary alicyclic amines) is 1.